The molecule has 1 aliphatic rings. The van der Waals surface area contributed by atoms with Gasteiger partial charge in [-0.05, 0) is 78.5 Å². The third-order valence-electron chi connectivity index (χ3n) is 6.96. The highest BCUT2D eigenvalue weighted by atomic mass is 16.1. The normalized spacial score (nSPS) is 19.1. The summed E-state index contributed by atoms with van der Waals surface area (Å²) in [5.74, 6) is 0.818. The van der Waals surface area contributed by atoms with E-state index in [0.717, 1.165) is 60.9 Å². The van der Waals surface area contributed by atoms with Crippen molar-refractivity contribution in [2.75, 3.05) is 6.54 Å². The van der Waals surface area contributed by atoms with Crippen LogP contribution in [-0.4, -0.2) is 12.5 Å². The van der Waals surface area contributed by atoms with E-state index in [-0.39, 0.29) is 17.9 Å². The molecule has 4 rings (SSSR count). The minimum atomic E-state index is -0.0737. The smallest absolute Gasteiger partial charge is 0.223 e. The molecular formula is C29H35N3O. The first-order chi connectivity index (χ1) is 16.2. The van der Waals surface area contributed by atoms with Crippen LogP contribution in [0.25, 0.3) is 11.1 Å². The van der Waals surface area contributed by atoms with Crippen LogP contribution in [0.4, 0.5) is 0 Å². The fraction of sp³-hybridized carbons (Fsp3) is 0.345. The van der Waals surface area contributed by atoms with Gasteiger partial charge in [-0.3, -0.25) is 4.79 Å². The molecule has 1 amide bonds. The maximum atomic E-state index is 13.2. The number of amides is 1. The van der Waals surface area contributed by atoms with E-state index in [1.165, 1.54) is 5.56 Å². The SMILES string of the molecule is NCc1ccc(-c2cccc(C(Cc3ccccc3)NC(=O)C3CCC(CN)CC3)c2)cc1. The first kappa shape index (κ1) is 23.2. The maximum Gasteiger partial charge on any atom is 0.223 e. The Kier molecular flexibility index (Phi) is 7.92. The van der Waals surface area contributed by atoms with E-state index in [4.69, 9.17) is 11.5 Å². The predicted octanol–water partition coefficient (Wildman–Crippen LogP) is 4.98. The monoisotopic (exact) mass is 441 g/mol. The summed E-state index contributed by atoms with van der Waals surface area (Å²) < 4.78 is 0. The molecule has 0 aromatic heterocycles. The van der Waals surface area contributed by atoms with Crippen molar-refractivity contribution in [3.63, 3.8) is 0 Å². The predicted molar refractivity (Wildman–Crippen MR) is 135 cm³/mol. The van der Waals surface area contributed by atoms with E-state index in [2.05, 4.69) is 78.1 Å². The third-order valence-corrected chi connectivity index (χ3v) is 6.96. The zero-order valence-electron chi connectivity index (χ0n) is 19.3. The second-order valence-corrected chi connectivity index (χ2v) is 9.23. The van der Waals surface area contributed by atoms with Crippen molar-refractivity contribution in [3.05, 3.63) is 95.6 Å². The largest absolute Gasteiger partial charge is 0.349 e. The number of carbonyl (C=O) groups excluding carboxylic acids is 1. The van der Waals surface area contributed by atoms with Crippen molar-refractivity contribution in [1.82, 2.24) is 5.32 Å². The first-order valence-corrected chi connectivity index (χ1v) is 12.1. The van der Waals surface area contributed by atoms with Gasteiger partial charge in [-0.25, -0.2) is 0 Å². The van der Waals surface area contributed by atoms with Gasteiger partial charge in [0.15, 0.2) is 0 Å². The zero-order valence-corrected chi connectivity index (χ0v) is 19.3. The van der Waals surface area contributed by atoms with E-state index >= 15 is 0 Å². The summed E-state index contributed by atoms with van der Waals surface area (Å²) in [6.07, 6.45) is 4.72. The average Bonchev–Trinajstić information content (AvgIpc) is 2.89. The quantitative estimate of drug-likeness (QED) is 0.461. The number of carbonyl (C=O) groups is 1. The molecule has 1 unspecified atom stereocenters. The fourth-order valence-electron chi connectivity index (χ4n) is 4.82. The molecule has 0 bridgehead atoms. The number of rotatable bonds is 8. The topological polar surface area (TPSA) is 81.1 Å². The van der Waals surface area contributed by atoms with Gasteiger partial charge in [0, 0.05) is 12.5 Å². The van der Waals surface area contributed by atoms with Crippen LogP contribution in [-0.2, 0) is 17.8 Å². The Morgan fingerprint density at radius 3 is 2.21 bits per heavy atom. The first-order valence-electron chi connectivity index (χ1n) is 12.1. The fourth-order valence-corrected chi connectivity index (χ4v) is 4.82. The van der Waals surface area contributed by atoms with E-state index in [9.17, 15) is 4.79 Å². The summed E-state index contributed by atoms with van der Waals surface area (Å²) in [7, 11) is 0. The summed E-state index contributed by atoms with van der Waals surface area (Å²) in [4.78, 5) is 13.2. The highest BCUT2D eigenvalue weighted by molar-refractivity contribution is 5.79. The van der Waals surface area contributed by atoms with Gasteiger partial charge in [0.25, 0.3) is 0 Å². The Morgan fingerprint density at radius 2 is 1.55 bits per heavy atom. The molecule has 0 saturated heterocycles. The van der Waals surface area contributed by atoms with Crippen LogP contribution in [0, 0.1) is 11.8 Å². The number of nitrogens with two attached hydrogens (primary N) is 2. The van der Waals surface area contributed by atoms with Crippen LogP contribution in [0.15, 0.2) is 78.9 Å². The number of hydrogen-bond donors (Lipinski definition) is 3. The molecule has 3 aromatic carbocycles. The second-order valence-electron chi connectivity index (χ2n) is 9.23. The Bertz CT molecular complexity index is 1020. The van der Waals surface area contributed by atoms with Gasteiger partial charge in [-0.15, -0.1) is 0 Å². The third kappa shape index (κ3) is 6.10. The van der Waals surface area contributed by atoms with Gasteiger partial charge in [-0.2, -0.15) is 0 Å². The Balaban J connectivity index is 1.56. The van der Waals surface area contributed by atoms with Gasteiger partial charge < -0.3 is 16.8 Å². The van der Waals surface area contributed by atoms with Crippen molar-refractivity contribution in [2.24, 2.45) is 23.3 Å². The molecule has 0 spiro atoms. The van der Waals surface area contributed by atoms with Crippen molar-refractivity contribution in [1.29, 1.82) is 0 Å². The van der Waals surface area contributed by atoms with Gasteiger partial charge >= 0.3 is 0 Å². The lowest BCUT2D eigenvalue weighted by Gasteiger charge is -2.29. The Morgan fingerprint density at radius 1 is 0.818 bits per heavy atom. The van der Waals surface area contributed by atoms with Crippen molar-refractivity contribution < 1.29 is 4.79 Å². The molecule has 0 heterocycles. The second kappa shape index (κ2) is 11.3. The highest BCUT2D eigenvalue weighted by Gasteiger charge is 2.27. The standard InChI is InChI=1S/C29H35N3O/c30-19-22-9-13-24(14-10-22)26-7-4-8-27(18-26)28(17-21-5-2-1-3-6-21)32-29(33)25-15-11-23(20-31)12-16-25/h1-10,13-14,18,23,25,28H,11-12,15-17,19-20,30-31H2,(H,32,33). The summed E-state index contributed by atoms with van der Waals surface area (Å²) in [5.41, 5.74) is 17.4. The van der Waals surface area contributed by atoms with Crippen LogP contribution in [0.1, 0.15) is 48.4 Å². The van der Waals surface area contributed by atoms with Crippen molar-refractivity contribution >= 4 is 5.91 Å². The average molecular weight is 442 g/mol. The van der Waals surface area contributed by atoms with Gasteiger partial charge in [0.1, 0.15) is 0 Å². The van der Waals surface area contributed by atoms with E-state index in [1.54, 1.807) is 0 Å². The minimum absolute atomic E-state index is 0.0737. The molecule has 0 radical (unpaired) electrons. The summed E-state index contributed by atoms with van der Waals surface area (Å²) in [5, 5.41) is 3.39. The summed E-state index contributed by atoms with van der Waals surface area (Å²) in [6, 6.07) is 27.2. The molecule has 3 aromatic rings. The van der Waals surface area contributed by atoms with Gasteiger partial charge in [-0.1, -0.05) is 72.8 Å². The summed E-state index contributed by atoms with van der Waals surface area (Å²) in [6.45, 7) is 1.27. The van der Waals surface area contributed by atoms with Crippen molar-refractivity contribution in [2.45, 2.75) is 44.7 Å². The Hall–Kier alpha value is -2.95. The van der Waals surface area contributed by atoms with Crippen LogP contribution in [0.5, 0.6) is 0 Å². The van der Waals surface area contributed by atoms with E-state index < -0.39 is 0 Å². The number of benzene rings is 3. The molecule has 172 valence electrons. The van der Waals surface area contributed by atoms with Crippen LogP contribution in [0.3, 0.4) is 0 Å². The van der Waals surface area contributed by atoms with Gasteiger partial charge in [0.2, 0.25) is 5.91 Å². The van der Waals surface area contributed by atoms with Crippen LogP contribution >= 0.6 is 0 Å². The molecule has 1 aliphatic carbocycles. The van der Waals surface area contributed by atoms with Crippen LogP contribution in [0.2, 0.25) is 0 Å². The molecule has 4 heteroatoms. The van der Waals surface area contributed by atoms with E-state index in [0.29, 0.717) is 12.5 Å². The zero-order chi connectivity index (χ0) is 23.0. The Labute approximate surface area is 197 Å². The molecule has 0 aliphatic heterocycles. The molecule has 1 saturated carbocycles. The molecule has 33 heavy (non-hydrogen) atoms. The lowest BCUT2D eigenvalue weighted by Crippen LogP contribution is -2.37. The molecule has 5 N–H and O–H groups in total. The van der Waals surface area contributed by atoms with Crippen LogP contribution < -0.4 is 16.8 Å². The van der Waals surface area contributed by atoms with Crippen molar-refractivity contribution in [3.8, 4) is 11.1 Å². The van der Waals surface area contributed by atoms with E-state index in [1.807, 2.05) is 6.07 Å². The maximum absolute atomic E-state index is 13.2. The lowest BCUT2D eigenvalue weighted by molar-refractivity contribution is -0.127. The molecule has 1 fully saturated rings. The number of nitrogens with one attached hydrogen (secondary N) is 1. The molecular weight excluding hydrogens is 406 g/mol. The van der Waals surface area contributed by atoms with Gasteiger partial charge in [0.05, 0.1) is 6.04 Å². The molecule has 4 nitrogen and oxygen atoms in total. The summed E-state index contributed by atoms with van der Waals surface area (Å²) >= 11 is 0. The minimum Gasteiger partial charge on any atom is -0.349 e. The molecule has 1 atom stereocenters. The number of hydrogen-bond acceptors (Lipinski definition) is 3. The lowest BCUT2D eigenvalue weighted by atomic mass is 9.81. The highest BCUT2D eigenvalue weighted by Crippen LogP contribution is 2.30.